The molecule has 0 aliphatic heterocycles. The van der Waals surface area contributed by atoms with Gasteiger partial charge in [0.25, 0.3) is 0 Å². The molecule has 2 atom stereocenters. The van der Waals surface area contributed by atoms with Crippen LogP contribution in [0.1, 0.15) is 18.4 Å². The number of nitrogens with two attached hydrogens (primary N) is 1. The summed E-state index contributed by atoms with van der Waals surface area (Å²) in [5.74, 6) is 0.0577. The molecule has 1 nitrogen and oxygen atoms in total. The zero-order valence-corrected chi connectivity index (χ0v) is 8.55. The van der Waals surface area contributed by atoms with Crippen molar-refractivity contribution >= 4 is 0 Å². The molecule has 1 aliphatic carbocycles. The van der Waals surface area contributed by atoms with Crippen LogP contribution >= 0.6 is 0 Å². The van der Waals surface area contributed by atoms with Crippen molar-refractivity contribution in [3.63, 3.8) is 0 Å². The molecule has 0 spiro atoms. The molecule has 1 fully saturated rings. The maximum Gasteiger partial charge on any atom is 0.129 e. The third-order valence-electron chi connectivity index (χ3n) is 3.37. The summed E-state index contributed by atoms with van der Waals surface area (Å²) in [5, 5.41) is 0. The molecule has 1 aromatic carbocycles. The SMILES string of the molecule is NCC1CCC1Cc1ccc(F)cc1F. The smallest absolute Gasteiger partial charge is 0.129 e. The summed E-state index contributed by atoms with van der Waals surface area (Å²) in [7, 11) is 0. The first-order valence-corrected chi connectivity index (χ1v) is 5.34. The van der Waals surface area contributed by atoms with Crippen molar-refractivity contribution < 1.29 is 8.78 Å². The summed E-state index contributed by atoms with van der Waals surface area (Å²) < 4.78 is 26.0. The average molecular weight is 211 g/mol. The van der Waals surface area contributed by atoms with E-state index in [1.807, 2.05) is 0 Å². The van der Waals surface area contributed by atoms with Gasteiger partial charge in [0.05, 0.1) is 0 Å². The zero-order chi connectivity index (χ0) is 10.8. The Morgan fingerprint density at radius 2 is 1.93 bits per heavy atom. The van der Waals surface area contributed by atoms with Crippen molar-refractivity contribution in [2.24, 2.45) is 17.6 Å². The van der Waals surface area contributed by atoms with Crippen molar-refractivity contribution in [2.75, 3.05) is 6.54 Å². The molecule has 2 unspecified atom stereocenters. The summed E-state index contributed by atoms with van der Waals surface area (Å²) >= 11 is 0. The normalized spacial score (nSPS) is 25.0. The molecule has 82 valence electrons. The molecule has 3 heteroatoms. The lowest BCUT2D eigenvalue weighted by atomic mass is 9.71. The Kier molecular flexibility index (Phi) is 3.00. The van der Waals surface area contributed by atoms with Crippen molar-refractivity contribution in [1.82, 2.24) is 0 Å². The van der Waals surface area contributed by atoms with Gasteiger partial charge in [-0.15, -0.1) is 0 Å². The van der Waals surface area contributed by atoms with Crippen LogP contribution in [-0.4, -0.2) is 6.54 Å². The number of benzene rings is 1. The fourth-order valence-corrected chi connectivity index (χ4v) is 2.19. The molecule has 1 aliphatic rings. The Hall–Kier alpha value is -0.960. The Bertz CT molecular complexity index is 349. The van der Waals surface area contributed by atoms with Gasteiger partial charge in [0, 0.05) is 6.07 Å². The number of rotatable bonds is 3. The van der Waals surface area contributed by atoms with Gasteiger partial charge >= 0.3 is 0 Å². The second kappa shape index (κ2) is 4.27. The quantitative estimate of drug-likeness (QED) is 0.816. The summed E-state index contributed by atoms with van der Waals surface area (Å²) in [6, 6.07) is 3.80. The van der Waals surface area contributed by atoms with E-state index in [1.54, 1.807) is 0 Å². The molecule has 0 heterocycles. The molecule has 0 bridgehead atoms. The van der Waals surface area contributed by atoms with E-state index in [9.17, 15) is 8.78 Å². The fourth-order valence-electron chi connectivity index (χ4n) is 2.19. The van der Waals surface area contributed by atoms with E-state index in [4.69, 9.17) is 5.73 Å². The van der Waals surface area contributed by atoms with E-state index in [-0.39, 0.29) is 0 Å². The van der Waals surface area contributed by atoms with Gasteiger partial charge in [-0.3, -0.25) is 0 Å². The van der Waals surface area contributed by atoms with Crippen molar-refractivity contribution in [1.29, 1.82) is 0 Å². The van der Waals surface area contributed by atoms with E-state index in [0.29, 0.717) is 30.4 Å². The van der Waals surface area contributed by atoms with Crippen LogP contribution < -0.4 is 5.73 Å². The summed E-state index contributed by atoms with van der Waals surface area (Å²) in [6.45, 7) is 0.674. The molecule has 0 radical (unpaired) electrons. The molecular formula is C12H15F2N. The second-order valence-electron chi connectivity index (χ2n) is 4.27. The molecule has 2 N–H and O–H groups in total. The van der Waals surface area contributed by atoms with Crippen LogP contribution in [0.2, 0.25) is 0 Å². The largest absolute Gasteiger partial charge is 0.330 e. The first-order valence-electron chi connectivity index (χ1n) is 5.34. The van der Waals surface area contributed by atoms with Crippen LogP contribution in [0.3, 0.4) is 0 Å². The lowest BCUT2D eigenvalue weighted by Gasteiger charge is -2.36. The highest BCUT2D eigenvalue weighted by Gasteiger charge is 2.29. The predicted octanol–water partition coefficient (Wildman–Crippen LogP) is 2.49. The molecule has 15 heavy (non-hydrogen) atoms. The first kappa shape index (κ1) is 10.6. The summed E-state index contributed by atoms with van der Waals surface area (Å²) in [6.07, 6.45) is 2.94. The van der Waals surface area contributed by atoms with Crippen molar-refractivity contribution in [3.8, 4) is 0 Å². The van der Waals surface area contributed by atoms with Crippen LogP contribution in [0.15, 0.2) is 18.2 Å². The Labute approximate surface area is 88.3 Å². The minimum atomic E-state index is -0.514. The lowest BCUT2D eigenvalue weighted by molar-refractivity contribution is 0.181. The van der Waals surface area contributed by atoms with E-state index in [1.165, 1.54) is 12.1 Å². The van der Waals surface area contributed by atoms with Gasteiger partial charge in [-0.05, 0) is 49.3 Å². The van der Waals surface area contributed by atoms with Gasteiger partial charge in [0.15, 0.2) is 0 Å². The third-order valence-corrected chi connectivity index (χ3v) is 3.37. The molecule has 2 rings (SSSR count). The topological polar surface area (TPSA) is 26.0 Å². The monoisotopic (exact) mass is 211 g/mol. The zero-order valence-electron chi connectivity index (χ0n) is 8.55. The van der Waals surface area contributed by atoms with E-state index in [2.05, 4.69) is 0 Å². The molecule has 0 aromatic heterocycles. The molecule has 0 amide bonds. The second-order valence-corrected chi connectivity index (χ2v) is 4.27. The van der Waals surface area contributed by atoms with E-state index in [0.717, 1.165) is 18.9 Å². The molecule has 1 aromatic rings. The van der Waals surface area contributed by atoms with Gasteiger partial charge < -0.3 is 5.73 Å². The number of halogens is 2. The highest BCUT2D eigenvalue weighted by Crippen LogP contribution is 2.36. The summed E-state index contributed by atoms with van der Waals surface area (Å²) in [5.41, 5.74) is 6.20. The van der Waals surface area contributed by atoms with Crippen LogP contribution in [-0.2, 0) is 6.42 Å². The maximum atomic E-state index is 13.3. The van der Waals surface area contributed by atoms with Gasteiger partial charge in [-0.2, -0.15) is 0 Å². The Balaban J connectivity index is 2.04. The van der Waals surface area contributed by atoms with Crippen molar-refractivity contribution in [3.05, 3.63) is 35.4 Å². The number of hydrogen-bond acceptors (Lipinski definition) is 1. The van der Waals surface area contributed by atoms with Gasteiger partial charge in [-0.25, -0.2) is 8.78 Å². The van der Waals surface area contributed by atoms with Crippen LogP contribution in [0.5, 0.6) is 0 Å². The van der Waals surface area contributed by atoms with Gasteiger partial charge in [-0.1, -0.05) is 6.07 Å². The Morgan fingerprint density at radius 3 is 2.47 bits per heavy atom. The van der Waals surface area contributed by atoms with Crippen molar-refractivity contribution in [2.45, 2.75) is 19.3 Å². The fraction of sp³-hybridized carbons (Fsp3) is 0.500. The molecule has 1 saturated carbocycles. The predicted molar refractivity (Wildman–Crippen MR) is 55.3 cm³/mol. The van der Waals surface area contributed by atoms with E-state index >= 15 is 0 Å². The van der Waals surface area contributed by atoms with Crippen LogP contribution in [0.4, 0.5) is 8.78 Å². The van der Waals surface area contributed by atoms with Gasteiger partial charge in [0.1, 0.15) is 11.6 Å². The minimum absolute atomic E-state index is 0.433. The number of hydrogen-bond donors (Lipinski definition) is 1. The lowest BCUT2D eigenvalue weighted by Crippen LogP contribution is -2.33. The average Bonchev–Trinajstić information content (AvgIpc) is 2.15. The highest BCUT2D eigenvalue weighted by atomic mass is 19.1. The van der Waals surface area contributed by atoms with E-state index < -0.39 is 11.6 Å². The first-order chi connectivity index (χ1) is 7.20. The standard InChI is InChI=1S/C12H15F2N/c13-11-4-3-9(12(14)6-11)5-8-1-2-10(8)7-15/h3-4,6,8,10H,1-2,5,7,15H2. The molecule has 0 saturated heterocycles. The third kappa shape index (κ3) is 2.17. The van der Waals surface area contributed by atoms with Crippen LogP contribution in [0, 0.1) is 23.5 Å². The summed E-state index contributed by atoms with van der Waals surface area (Å²) in [4.78, 5) is 0. The molecular weight excluding hydrogens is 196 g/mol. The Morgan fingerprint density at radius 1 is 1.20 bits per heavy atom. The minimum Gasteiger partial charge on any atom is -0.330 e. The highest BCUT2D eigenvalue weighted by molar-refractivity contribution is 5.19. The maximum absolute atomic E-state index is 13.3. The van der Waals surface area contributed by atoms with Crippen LogP contribution in [0.25, 0.3) is 0 Å². The van der Waals surface area contributed by atoms with Gasteiger partial charge in [0.2, 0.25) is 0 Å².